The van der Waals surface area contributed by atoms with Crippen molar-refractivity contribution in [2.24, 2.45) is 11.0 Å². The van der Waals surface area contributed by atoms with E-state index in [1.165, 1.54) is 6.21 Å². The van der Waals surface area contributed by atoms with Gasteiger partial charge in [0, 0.05) is 26.9 Å². The maximum absolute atomic E-state index is 12.4. The van der Waals surface area contributed by atoms with Crippen molar-refractivity contribution < 1.29 is 19.1 Å². The van der Waals surface area contributed by atoms with Gasteiger partial charge in [0.1, 0.15) is 5.75 Å². The van der Waals surface area contributed by atoms with Gasteiger partial charge in [-0.1, -0.05) is 48.0 Å². The van der Waals surface area contributed by atoms with E-state index in [1.807, 2.05) is 6.07 Å². The molecule has 0 fully saturated rings. The molecule has 0 aliphatic rings. The van der Waals surface area contributed by atoms with Crippen LogP contribution >= 0.6 is 15.9 Å². The number of anilines is 1. The molecule has 33 heavy (non-hydrogen) atoms. The lowest BCUT2D eigenvalue weighted by Gasteiger charge is -2.09. The Morgan fingerprint density at radius 1 is 0.909 bits per heavy atom. The highest BCUT2D eigenvalue weighted by Gasteiger charge is 2.13. The Kier molecular flexibility index (Phi) is 8.10. The predicted octanol–water partition coefficient (Wildman–Crippen LogP) is 5.03. The first-order valence-electron chi connectivity index (χ1n) is 10.1. The summed E-state index contributed by atoms with van der Waals surface area (Å²) in [5, 5.41) is 6.75. The zero-order valence-corrected chi connectivity index (χ0v) is 19.6. The summed E-state index contributed by atoms with van der Waals surface area (Å²) in [6.07, 6.45) is 1.40. The molecule has 0 aromatic heterocycles. The number of benzene rings is 3. The van der Waals surface area contributed by atoms with Crippen LogP contribution in [0.25, 0.3) is 0 Å². The molecule has 168 valence electrons. The van der Waals surface area contributed by atoms with Crippen LogP contribution in [0.3, 0.4) is 0 Å². The third-order valence-corrected chi connectivity index (χ3v) is 4.96. The zero-order valence-electron chi connectivity index (χ0n) is 18.0. The van der Waals surface area contributed by atoms with Gasteiger partial charge >= 0.3 is 5.97 Å². The maximum Gasteiger partial charge on any atom is 0.313 e. The SMILES string of the molecule is CC(C)C(=O)Oc1ccc(Br)cc1/C=N\NC(=O)c1ccc(NC(=O)c2ccccc2)cc1. The summed E-state index contributed by atoms with van der Waals surface area (Å²) in [4.78, 5) is 36.5. The summed E-state index contributed by atoms with van der Waals surface area (Å²) in [6.45, 7) is 3.49. The molecule has 0 saturated heterocycles. The van der Waals surface area contributed by atoms with Crippen LogP contribution in [0.2, 0.25) is 0 Å². The maximum atomic E-state index is 12.4. The average molecular weight is 508 g/mol. The van der Waals surface area contributed by atoms with E-state index in [0.717, 1.165) is 4.47 Å². The number of carbonyl (C=O) groups is 3. The second-order valence-electron chi connectivity index (χ2n) is 7.35. The van der Waals surface area contributed by atoms with Crippen LogP contribution < -0.4 is 15.5 Å². The van der Waals surface area contributed by atoms with Gasteiger partial charge in [-0.25, -0.2) is 5.43 Å². The van der Waals surface area contributed by atoms with Crippen molar-refractivity contribution in [2.75, 3.05) is 5.32 Å². The lowest BCUT2D eigenvalue weighted by atomic mass is 10.1. The highest BCUT2D eigenvalue weighted by Crippen LogP contribution is 2.22. The first kappa shape index (κ1) is 23.9. The van der Waals surface area contributed by atoms with Crippen molar-refractivity contribution in [1.82, 2.24) is 5.43 Å². The highest BCUT2D eigenvalue weighted by molar-refractivity contribution is 9.10. The van der Waals surface area contributed by atoms with Crippen molar-refractivity contribution in [1.29, 1.82) is 0 Å². The molecular formula is C25H22BrN3O4. The fourth-order valence-electron chi connectivity index (χ4n) is 2.66. The van der Waals surface area contributed by atoms with E-state index in [0.29, 0.717) is 28.1 Å². The summed E-state index contributed by atoms with van der Waals surface area (Å²) in [6, 6.07) is 20.4. The number of carbonyl (C=O) groups excluding carboxylic acids is 3. The van der Waals surface area contributed by atoms with E-state index in [2.05, 4.69) is 31.8 Å². The molecular weight excluding hydrogens is 486 g/mol. The number of hydrogen-bond acceptors (Lipinski definition) is 5. The van der Waals surface area contributed by atoms with E-state index in [-0.39, 0.29) is 17.8 Å². The van der Waals surface area contributed by atoms with Gasteiger partial charge in [-0.05, 0) is 54.6 Å². The number of amides is 2. The van der Waals surface area contributed by atoms with Crippen molar-refractivity contribution in [3.63, 3.8) is 0 Å². The number of ether oxygens (including phenoxy) is 1. The molecule has 0 heterocycles. The molecule has 2 amide bonds. The molecule has 3 rings (SSSR count). The van der Waals surface area contributed by atoms with Crippen LogP contribution in [-0.4, -0.2) is 24.0 Å². The number of hydrazone groups is 1. The van der Waals surface area contributed by atoms with E-state index < -0.39 is 5.91 Å². The summed E-state index contributed by atoms with van der Waals surface area (Å²) >= 11 is 3.37. The Bertz CT molecular complexity index is 1180. The Morgan fingerprint density at radius 2 is 1.58 bits per heavy atom. The molecule has 7 nitrogen and oxygen atoms in total. The summed E-state index contributed by atoms with van der Waals surface area (Å²) in [7, 11) is 0. The summed E-state index contributed by atoms with van der Waals surface area (Å²) in [5.41, 5.74) is 4.44. The quantitative estimate of drug-likeness (QED) is 0.203. The fraction of sp³-hybridized carbons (Fsp3) is 0.120. The largest absolute Gasteiger partial charge is 0.426 e. The molecule has 0 aliphatic carbocycles. The number of rotatable bonds is 7. The Balaban J connectivity index is 1.62. The van der Waals surface area contributed by atoms with Gasteiger partial charge in [-0.15, -0.1) is 0 Å². The van der Waals surface area contributed by atoms with Crippen LogP contribution in [-0.2, 0) is 4.79 Å². The van der Waals surface area contributed by atoms with E-state index >= 15 is 0 Å². The number of halogens is 1. The molecule has 0 spiro atoms. The monoisotopic (exact) mass is 507 g/mol. The number of nitrogens with one attached hydrogen (secondary N) is 2. The van der Waals surface area contributed by atoms with Gasteiger partial charge < -0.3 is 10.1 Å². The molecule has 0 bridgehead atoms. The Labute approximate surface area is 200 Å². The molecule has 0 atom stereocenters. The lowest BCUT2D eigenvalue weighted by Crippen LogP contribution is -2.18. The third-order valence-electron chi connectivity index (χ3n) is 4.46. The standard InChI is InChI=1S/C25H22BrN3O4/c1-16(2)25(32)33-22-13-10-20(26)14-19(22)15-27-29-24(31)18-8-11-21(12-9-18)28-23(30)17-6-4-3-5-7-17/h3-16H,1-2H3,(H,28,30)(H,29,31)/b27-15-. The highest BCUT2D eigenvalue weighted by atomic mass is 79.9. The van der Waals surface area contributed by atoms with Gasteiger partial charge in [0.05, 0.1) is 12.1 Å². The van der Waals surface area contributed by atoms with Gasteiger partial charge in [0.25, 0.3) is 11.8 Å². The molecule has 0 radical (unpaired) electrons. The normalized spacial score (nSPS) is 10.8. The van der Waals surface area contributed by atoms with E-state index in [9.17, 15) is 14.4 Å². The zero-order chi connectivity index (χ0) is 23.8. The molecule has 0 unspecified atom stereocenters. The number of hydrogen-bond donors (Lipinski definition) is 2. The smallest absolute Gasteiger partial charge is 0.313 e. The topological polar surface area (TPSA) is 96.9 Å². The molecule has 8 heteroatoms. The van der Waals surface area contributed by atoms with Crippen molar-refractivity contribution in [2.45, 2.75) is 13.8 Å². The third kappa shape index (κ3) is 6.85. The minimum Gasteiger partial charge on any atom is -0.426 e. The van der Waals surface area contributed by atoms with Gasteiger partial charge in [-0.3, -0.25) is 14.4 Å². The summed E-state index contributed by atoms with van der Waals surface area (Å²) in [5.74, 6) is -0.967. The van der Waals surface area contributed by atoms with Gasteiger partial charge in [-0.2, -0.15) is 5.10 Å². The second-order valence-corrected chi connectivity index (χ2v) is 8.27. The van der Waals surface area contributed by atoms with Crippen LogP contribution in [0.5, 0.6) is 5.75 Å². The second kappa shape index (κ2) is 11.2. The van der Waals surface area contributed by atoms with E-state index in [1.54, 1.807) is 80.6 Å². The number of esters is 1. The minimum atomic E-state index is -0.428. The van der Waals surface area contributed by atoms with Gasteiger partial charge in [0.15, 0.2) is 0 Å². The van der Waals surface area contributed by atoms with Crippen LogP contribution in [0.15, 0.2) is 82.4 Å². The summed E-state index contributed by atoms with van der Waals surface area (Å²) < 4.78 is 6.15. The first-order chi connectivity index (χ1) is 15.8. The fourth-order valence-corrected chi connectivity index (χ4v) is 3.04. The number of nitrogens with zero attached hydrogens (tertiary/aromatic N) is 1. The van der Waals surface area contributed by atoms with Crippen molar-refractivity contribution in [3.8, 4) is 5.75 Å². The molecule has 3 aromatic rings. The molecule has 3 aromatic carbocycles. The predicted molar refractivity (Wildman–Crippen MR) is 131 cm³/mol. The lowest BCUT2D eigenvalue weighted by molar-refractivity contribution is -0.137. The first-order valence-corrected chi connectivity index (χ1v) is 10.9. The van der Waals surface area contributed by atoms with Gasteiger partial charge in [0.2, 0.25) is 0 Å². The van der Waals surface area contributed by atoms with Crippen molar-refractivity contribution >= 4 is 45.6 Å². The molecule has 0 saturated carbocycles. The average Bonchev–Trinajstić information content (AvgIpc) is 2.81. The van der Waals surface area contributed by atoms with Crippen LogP contribution in [0.4, 0.5) is 5.69 Å². The Morgan fingerprint density at radius 3 is 2.24 bits per heavy atom. The van der Waals surface area contributed by atoms with Crippen molar-refractivity contribution in [3.05, 3.63) is 94.0 Å². The Hall–Kier alpha value is -3.78. The van der Waals surface area contributed by atoms with Crippen LogP contribution in [0, 0.1) is 5.92 Å². The van der Waals surface area contributed by atoms with Crippen LogP contribution in [0.1, 0.15) is 40.1 Å². The molecule has 2 N–H and O–H groups in total. The minimum absolute atomic E-state index is 0.236. The molecule has 0 aliphatic heterocycles. The van der Waals surface area contributed by atoms with E-state index in [4.69, 9.17) is 4.74 Å².